The molecule has 0 aliphatic rings. The van der Waals surface area contributed by atoms with Gasteiger partial charge < -0.3 is 8.98 Å². The van der Waals surface area contributed by atoms with Crippen molar-refractivity contribution in [3.63, 3.8) is 0 Å². The number of fused-ring (bicyclic) bond motifs is 10. The number of hydrogen-bond acceptors (Lipinski definition) is 3. The Hall–Kier alpha value is -6.78. The number of aromatic nitrogens is 3. The first kappa shape index (κ1) is 27.2. The molecule has 0 aliphatic heterocycles. The van der Waals surface area contributed by atoms with E-state index in [2.05, 4.69) is 150 Å². The van der Waals surface area contributed by atoms with Crippen LogP contribution < -0.4 is 0 Å². The zero-order chi connectivity index (χ0) is 32.8. The molecule has 11 aromatic rings. The fourth-order valence-electron chi connectivity index (χ4n) is 7.76. The first-order chi connectivity index (χ1) is 24.8. The zero-order valence-electron chi connectivity index (χ0n) is 26.8. The van der Waals surface area contributed by atoms with E-state index >= 15 is 0 Å². The van der Waals surface area contributed by atoms with Crippen LogP contribution in [0.1, 0.15) is 0 Å². The summed E-state index contributed by atoms with van der Waals surface area (Å²) in [5, 5.41) is 10.8. The SMILES string of the molecule is c1ccc2cc(-c3nc(-c4ccc(-n5c6cc7ccccc7cc6c6c7ccccc7ccc65)cc4)nc4c3oc3ccccc34)ccc2c1. The molecule has 0 aliphatic carbocycles. The van der Waals surface area contributed by atoms with E-state index < -0.39 is 0 Å². The largest absolute Gasteiger partial charge is 0.452 e. The first-order valence-corrected chi connectivity index (χ1v) is 16.9. The molecule has 0 radical (unpaired) electrons. The van der Waals surface area contributed by atoms with E-state index in [0.29, 0.717) is 11.4 Å². The molecule has 0 saturated heterocycles. The number of para-hydroxylation sites is 1. The number of rotatable bonds is 3. The van der Waals surface area contributed by atoms with E-state index in [1.54, 1.807) is 0 Å². The average Bonchev–Trinajstić information content (AvgIpc) is 3.72. The van der Waals surface area contributed by atoms with Crippen molar-refractivity contribution in [1.29, 1.82) is 0 Å². The van der Waals surface area contributed by atoms with Gasteiger partial charge in [0.05, 0.1) is 11.0 Å². The highest BCUT2D eigenvalue weighted by atomic mass is 16.3. The van der Waals surface area contributed by atoms with Crippen LogP contribution in [-0.4, -0.2) is 14.5 Å². The molecule has 11 rings (SSSR count). The predicted molar refractivity (Wildman–Crippen MR) is 207 cm³/mol. The van der Waals surface area contributed by atoms with Crippen LogP contribution in [-0.2, 0) is 0 Å². The molecule has 4 heteroatoms. The summed E-state index contributed by atoms with van der Waals surface area (Å²) in [7, 11) is 0. The molecule has 50 heavy (non-hydrogen) atoms. The van der Waals surface area contributed by atoms with Crippen LogP contribution in [0.2, 0.25) is 0 Å². The molecule has 0 amide bonds. The third-order valence-corrected chi connectivity index (χ3v) is 10.1. The van der Waals surface area contributed by atoms with E-state index in [9.17, 15) is 0 Å². The van der Waals surface area contributed by atoms with Gasteiger partial charge in [-0.05, 0) is 93.0 Å². The van der Waals surface area contributed by atoms with E-state index in [1.807, 2.05) is 18.2 Å². The van der Waals surface area contributed by atoms with Gasteiger partial charge in [0.1, 0.15) is 16.8 Å². The molecule has 0 bridgehead atoms. The van der Waals surface area contributed by atoms with Crippen molar-refractivity contribution in [1.82, 2.24) is 14.5 Å². The molecule has 0 saturated carbocycles. The van der Waals surface area contributed by atoms with Crippen molar-refractivity contribution in [3.05, 3.63) is 164 Å². The van der Waals surface area contributed by atoms with Gasteiger partial charge in [-0.1, -0.05) is 103 Å². The topological polar surface area (TPSA) is 43.9 Å². The minimum Gasteiger partial charge on any atom is -0.452 e. The maximum atomic E-state index is 6.42. The van der Waals surface area contributed by atoms with Crippen LogP contribution in [0.4, 0.5) is 0 Å². The van der Waals surface area contributed by atoms with Crippen LogP contribution in [0.25, 0.3) is 105 Å². The summed E-state index contributed by atoms with van der Waals surface area (Å²) < 4.78 is 8.81. The normalized spacial score (nSPS) is 12.0. The number of hydrogen-bond donors (Lipinski definition) is 0. The number of benzene rings is 8. The lowest BCUT2D eigenvalue weighted by atomic mass is 10.0. The average molecular weight is 638 g/mol. The summed E-state index contributed by atoms with van der Waals surface area (Å²) in [5.41, 5.74) is 8.51. The van der Waals surface area contributed by atoms with Gasteiger partial charge in [0.25, 0.3) is 0 Å². The fourth-order valence-corrected chi connectivity index (χ4v) is 7.76. The van der Waals surface area contributed by atoms with Gasteiger partial charge in [-0.2, -0.15) is 0 Å². The fraction of sp³-hybridized carbons (Fsp3) is 0. The Kier molecular flexibility index (Phi) is 5.63. The summed E-state index contributed by atoms with van der Waals surface area (Å²) in [6.45, 7) is 0. The highest BCUT2D eigenvalue weighted by Crippen LogP contribution is 2.40. The van der Waals surface area contributed by atoms with Crippen LogP contribution in [0.15, 0.2) is 168 Å². The summed E-state index contributed by atoms with van der Waals surface area (Å²) in [6, 6.07) is 58.0. The Balaban J connectivity index is 1.12. The molecule has 0 N–H and O–H groups in total. The summed E-state index contributed by atoms with van der Waals surface area (Å²) in [6.07, 6.45) is 0. The van der Waals surface area contributed by atoms with Crippen LogP contribution >= 0.6 is 0 Å². The molecule has 232 valence electrons. The van der Waals surface area contributed by atoms with Gasteiger partial charge in [-0.25, -0.2) is 9.97 Å². The maximum absolute atomic E-state index is 6.42. The summed E-state index contributed by atoms with van der Waals surface area (Å²) >= 11 is 0. The summed E-state index contributed by atoms with van der Waals surface area (Å²) in [4.78, 5) is 10.3. The minimum atomic E-state index is 0.665. The van der Waals surface area contributed by atoms with E-state index in [1.165, 1.54) is 48.7 Å². The Morgan fingerprint density at radius 1 is 0.440 bits per heavy atom. The third-order valence-electron chi connectivity index (χ3n) is 10.1. The Morgan fingerprint density at radius 3 is 1.90 bits per heavy atom. The number of furan rings is 1. The minimum absolute atomic E-state index is 0.665. The number of nitrogens with zero attached hydrogens (tertiary/aromatic N) is 3. The molecule has 0 spiro atoms. The monoisotopic (exact) mass is 637 g/mol. The zero-order valence-corrected chi connectivity index (χ0v) is 26.8. The molecule has 8 aromatic carbocycles. The second kappa shape index (κ2) is 10.4. The van der Waals surface area contributed by atoms with Crippen molar-refractivity contribution in [2.45, 2.75) is 0 Å². The predicted octanol–water partition coefficient (Wildman–Crippen LogP) is 12.3. The first-order valence-electron chi connectivity index (χ1n) is 16.9. The molecular formula is C46H27N3O. The molecule has 0 unspecified atom stereocenters. The lowest BCUT2D eigenvalue weighted by Crippen LogP contribution is -1.96. The van der Waals surface area contributed by atoms with Crippen LogP contribution in [0.5, 0.6) is 0 Å². The maximum Gasteiger partial charge on any atom is 0.180 e. The van der Waals surface area contributed by atoms with Gasteiger partial charge in [-0.15, -0.1) is 0 Å². The Morgan fingerprint density at radius 2 is 1.08 bits per heavy atom. The molecular weight excluding hydrogens is 611 g/mol. The van der Waals surface area contributed by atoms with Gasteiger partial charge >= 0.3 is 0 Å². The summed E-state index contributed by atoms with van der Waals surface area (Å²) in [5.74, 6) is 0.665. The smallest absolute Gasteiger partial charge is 0.180 e. The van der Waals surface area contributed by atoms with Crippen molar-refractivity contribution < 1.29 is 4.42 Å². The second-order valence-corrected chi connectivity index (χ2v) is 13.0. The third kappa shape index (κ3) is 3.99. The van der Waals surface area contributed by atoms with Gasteiger partial charge in [0.15, 0.2) is 11.4 Å². The van der Waals surface area contributed by atoms with E-state index in [0.717, 1.165) is 44.4 Å². The molecule has 4 nitrogen and oxygen atoms in total. The van der Waals surface area contributed by atoms with Crippen LogP contribution in [0.3, 0.4) is 0 Å². The Labute approximate surface area is 286 Å². The Bertz CT molecular complexity index is 3150. The van der Waals surface area contributed by atoms with Crippen molar-refractivity contribution >= 4 is 76.2 Å². The van der Waals surface area contributed by atoms with Crippen molar-refractivity contribution in [3.8, 4) is 28.3 Å². The lowest BCUT2D eigenvalue weighted by Gasteiger charge is -2.11. The van der Waals surface area contributed by atoms with Crippen molar-refractivity contribution in [2.75, 3.05) is 0 Å². The standard InChI is InChI=1S/C46H27N3O/c1-2-11-31-25-34(18-17-28(31)9-1)43-45-44(37-15-7-8-16-41(37)50-45)48-46(47-43)30-19-22-35(23-20-30)49-39-24-21-29-10-5-6-14-36(29)42(39)38-26-32-12-3-4-13-33(32)27-40(38)49/h1-27H. The molecule has 0 atom stereocenters. The van der Waals surface area contributed by atoms with Crippen molar-refractivity contribution in [2.24, 2.45) is 0 Å². The molecule has 0 fully saturated rings. The van der Waals surface area contributed by atoms with E-state index in [4.69, 9.17) is 14.4 Å². The van der Waals surface area contributed by atoms with Gasteiger partial charge in [0, 0.05) is 33.0 Å². The quantitative estimate of drug-likeness (QED) is 0.194. The van der Waals surface area contributed by atoms with E-state index in [-0.39, 0.29) is 0 Å². The second-order valence-electron chi connectivity index (χ2n) is 13.0. The molecule has 3 heterocycles. The lowest BCUT2D eigenvalue weighted by molar-refractivity contribution is 0.667. The van der Waals surface area contributed by atoms with Crippen LogP contribution in [0, 0.1) is 0 Å². The molecule has 3 aromatic heterocycles. The highest BCUT2D eigenvalue weighted by Gasteiger charge is 2.20. The highest BCUT2D eigenvalue weighted by molar-refractivity contribution is 6.23. The van der Waals surface area contributed by atoms with Gasteiger partial charge in [0.2, 0.25) is 0 Å². The van der Waals surface area contributed by atoms with Gasteiger partial charge in [-0.3, -0.25) is 0 Å².